The lowest BCUT2D eigenvalue weighted by molar-refractivity contribution is -0.139. The Kier molecular flexibility index (Phi) is 4.73. The lowest BCUT2D eigenvalue weighted by Crippen LogP contribution is -2.44. The third-order valence-electron chi connectivity index (χ3n) is 5.29. The van der Waals surface area contributed by atoms with Gasteiger partial charge in [-0.1, -0.05) is 18.2 Å². The molecule has 0 saturated heterocycles. The van der Waals surface area contributed by atoms with Gasteiger partial charge in [-0.05, 0) is 48.9 Å². The Bertz CT molecular complexity index is 1110. The molecule has 7 nitrogen and oxygen atoms in total. The number of H-pyrrole nitrogens is 2. The van der Waals surface area contributed by atoms with Crippen molar-refractivity contribution in [1.29, 1.82) is 0 Å². The second-order valence-corrected chi connectivity index (χ2v) is 7.15. The molecule has 0 spiro atoms. The number of amides is 1. The van der Waals surface area contributed by atoms with Crippen molar-refractivity contribution in [2.24, 2.45) is 0 Å². The number of pyridine rings is 1. The first-order valence-corrected chi connectivity index (χ1v) is 9.36. The maximum atomic E-state index is 12.7. The minimum Gasteiger partial charge on any atom is -0.480 e. The van der Waals surface area contributed by atoms with Crippen LogP contribution in [-0.4, -0.2) is 33.0 Å². The quantitative estimate of drug-likeness (QED) is 0.544. The molecule has 0 fully saturated rings. The highest BCUT2D eigenvalue weighted by Gasteiger charge is 2.24. The number of nitrogens with one attached hydrogen (secondary N) is 3. The van der Waals surface area contributed by atoms with E-state index in [1.165, 1.54) is 0 Å². The molecule has 144 valence electrons. The molecule has 0 aliphatic heterocycles. The number of para-hydroxylation sites is 1. The number of rotatable bonds is 5. The molecule has 1 aliphatic carbocycles. The van der Waals surface area contributed by atoms with Gasteiger partial charge in [-0.3, -0.25) is 9.59 Å². The maximum absolute atomic E-state index is 12.7. The lowest BCUT2D eigenvalue weighted by Gasteiger charge is -2.17. The van der Waals surface area contributed by atoms with E-state index in [9.17, 15) is 19.5 Å². The number of benzene rings is 1. The molecule has 0 bridgehead atoms. The molecule has 0 radical (unpaired) electrons. The second kappa shape index (κ2) is 7.34. The number of carbonyl (C=O) groups is 2. The molecule has 4 rings (SSSR count). The van der Waals surface area contributed by atoms with E-state index in [4.69, 9.17) is 0 Å². The average Bonchev–Trinajstić information content (AvgIpc) is 3.09. The zero-order valence-electron chi connectivity index (χ0n) is 15.2. The Hall–Kier alpha value is -3.35. The van der Waals surface area contributed by atoms with Gasteiger partial charge in [0.05, 0.1) is 0 Å². The number of aromatic amines is 2. The summed E-state index contributed by atoms with van der Waals surface area (Å²) in [4.78, 5) is 42.6. The first kappa shape index (κ1) is 18.0. The number of carboxylic acid groups (broad SMARTS) is 1. The molecule has 7 heteroatoms. The predicted octanol–water partition coefficient (Wildman–Crippen LogP) is 2.16. The van der Waals surface area contributed by atoms with Gasteiger partial charge in [0.25, 0.3) is 11.5 Å². The average molecular weight is 379 g/mol. The van der Waals surface area contributed by atoms with Crippen LogP contribution in [0.5, 0.6) is 0 Å². The van der Waals surface area contributed by atoms with Crippen LogP contribution in [0.15, 0.2) is 41.3 Å². The number of aromatic nitrogens is 2. The minimum absolute atomic E-state index is 0.0363. The zero-order chi connectivity index (χ0) is 19.7. The van der Waals surface area contributed by atoms with Gasteiger partial charge in [0.15, 0.2) is 0 Å². The van der Waals surface area contributed by atoms with E-state index in [1.807, 2.05) is 24.3 Å². The molecular weight excluding hydrogens is 358 g/mol. The van der Waals surface area contributed by atoms with Gasteiger partial charge in [0.1, 0.15) is 11.6 Å². The Morgan fingerprint density at radius 2 is 1.96 bits per heavy atom. The highest BCUT2D eigenvalue weighted by molar-refractivity contribution is 5.96. The van der Waals surface area contributed by atoms with E-state index < -0.39 is 23.5 Å². The van der Waals surface area contributed by atoms with Crippen molar-refractivity contribution in [2.75, 3.05) is 0 Å². The summed E-state index contributed by atoms with van der Waals surface area (Å²) in [7, 11) is 0. The summed E-state index contributed by atoms with van der Waals surface area (Å²) in [6, 6.07) is 8.04. The molecule has 2 aromatic heterocycles. The SMILES string of the molecule is O=C(NC(Cc1c[nH]c2ccccc12)C(=O)O)c1cc2c([nH]c1=O)CCCC2. The summed E-state index contributed by atoms with van der Waals surface area (Å²) in [5.41, 5.74) is 3.02. The molecule has 1 aromatic carbocycles. The molecule has 4 N–H and O–H groups in total. The highest BCUT2D eigenvalue weighted by Crippen LogP contribution is 2.20. The van der Waals surface area contributed by atoms with E-state index in [0.29, 0.717) is 0 Å². The molecule has 1 amide bonds. The minimum atomic E-state index is -1.15. The van der Waals surface area contributed by atoms with Gasteiger partial charge in [-0.25, -0.2) is 4.79 Å². The van der Waals surface area contributed by atoms with E-state index in [0.717, 1.165) is 53.4 Å². The summed E-state index contributed by atoms with van der Waals surface area (Å²) >= 11 is 0. The van der Waals surface area contributed by atoms with Crippen molar-refractivity contribution in [3.63, 3.8) is 0 Å². The smallest absolute Gasteiger partial charge is 0.326 e. The highest BCUT2D eigenvalue weighted by atomic mass is 16.4. The van der Waals surface area contributed by atoms with Gasteiger partial charge in [-0.15, -0.1) is 0 Å². The first-order valence-electron chi connectivity index (χ1n) is 9.36. The standard InChI is InChI=1S/C21H21N3O4/c25-19-15(9-12-5-1-3-7-16(12)23-19)20(26)24-18(21(27)28)10-13-11-22-17-8-4-2-6-14(13)17/h2,4,6,8-9,11,18,22H,1,3,5,7,10H2,(H,23,25)(H,24,26)(H,27,28). The Balaban J connectivity index is 1.57. The second-order valence-electron chi connectivity index (χ2n) is 7.15. The van der Waals surface area contributed by atoms with Crippen molar-refractivity contribution in [3.05, 3.63) is 69.3 Å². The normalized spacial score (nSPS) is 14.4. The van der Waals surface area contributed by atoms with Crippen LogP contribution in [0.25, 0.3) is 10.9 Å². The Morgan fingerprint density at radius 3 is 2.79 bits per heavy atom. The molecule has 2 heterocycles. The van der Waals surface area contributed by atoms with Crippen LogP contribution < -0.4 is 10.9 Å². The topological polar surface area (TPSA) is 115 Å². The molecule has 28 heavy (non-hydrogen) atoms. The number of hydrogen-bond acceptors (Lipinski definition) is 3. The molecular formula is C21H21N3O4. The van der Waals surface area contributed by atoms with Crippen LogP contribution in [0.3, 0.4) is 0 Å². The van der Waals surface area contributed by atoms with Crippen molar-refractivity contribution < 1.29 is 14.7 Å². The van der Waals surface area contributed by atoms with Crippen LogP contribution in [0.1, 0.15) is 40.0 Å². The Morgan fingerprint density at radius 1 is 1.18 bits per heavy atom. The van der Waals surface area contributed by atoms with Gasteiger partial charge < -0.3 is 20.4 Å². The Labute approximate surface area is 160 Å². The fraction of sp³-hybridized carbons (Fsp3) is 0.286. The maximum Gasteiger partial charge on any atom is 0.326 e. The summed E-state index contributed by atoms with van der Waals surface area (Å²) < 4.78 is 0. The van der Waals surface area contributed by atoms with E-state index in [2.05, 4.69) is 15.3 Å². The third kappa shape index (κ3) is 3.43. The van der Waals surface area contributed by atoms with Crippen LogP contribution >= 0.6 is 0 Å². The summed E-state index contributed by atoms with van der Waals surface area (Å²) in [5.74, 6) is -1.81. The summed E-state index contributed by atoms with van der Waals surface area (Å²) in [6.45, 7) is 0. The van der Waals surface area contributed by atoms with Crippen molar-refractivity contribution >= 4 is 22.8 Å². The van der Waals surface area contributed by atoms with Crippen LogP contribution in [0.2, 0.25) is 0 Å². The van der Waals surface area contributed by atoms with Crippen molar-refractivity contribution in [2.45, 2.75) is 38.1 Å². The molecule has 1 aliphatic rings. The fourth-order valence-electron chi connectivity index (χ4n) is 3.80. The van der Waals surface area contributed by atoms with E-state index in [1.54, 1.807) is 12.3 Å². The number of carboxylic acids is 1. The zero-order valence-corrected chi connectivity index (χ0v) is 15.2. The number of carbonyl (C=O) groups excluding carboxylic acids is 1. The van der Waals surface area contributed by atoms with Crippen LogP contribution in [-0.2, 0) is 24.1 Å². The molecule has 1 unspecified atom stereocenters. The molecule has 1 atom stereocenters. The molecule has 0 saturated carbocycles. The van der Waals surface area contributed by atoms with Gasteiger partial charge in [0.2, 0.25) is 0 Å². The van der Waals surface area contributed by atoms with Gasteiger partial charge in [0, 0.05) is 29.2 Å². The number of aryl methyl sites for hydroxylation is 2. The molecule has 3 aromatic rings. The number of aliphatic carboxylic acids is 1. The van der Waals surface area contributed by atoms with Crippen molar-refractivity contribution in [3.8, 4) is 0 Å². The fourth-order valence-corrected chi connectivity index (χ4v) is 3.80. The third-order valence-corrected chi connectivity index (χ3v) is 5.29. The van der Waals surface area contributed by atoms with Gasteiger partial charge >= 0.3 is 5.97 Å². The summed E-state index contributed by atoms with van der Waals surface area (Å²) in [6.07, 6.45) is 5.50. The monoisotopic (exact) mass is 379 g/mol. The van der Waals surface area contributed by atoms with Gasteiger partial charge in [-0.2, -0.15) is 0 Å². The van der Waals surface area contributed by atoms with E-state index in [-0.39, 0.29) is 12.0 Å². The van der Waals surface area contributed by atoms with Crippen LogP contribution in [0, 0.1) is 0 Å². The van der Waals surface area contributed by atoms with Crippen LogP contribution in [0.4, 0.5) is 0 Å². The van der Waals surface area contributed by atoms with E-state index >= 15 is 0 Å². The first-order chi connectivity index (χ1) is 13.5. The number of hydrogen-bond donors (Lipinski definition) is 4. The number of fused-ring (bicyclic) bond motifs is 2. The summed E-state index contributed by atoms with van der Waals surface area (Å²) in [5, 5.41) is 13.0. The predicted molar refractivity (Wildman–Crippen MR) is 105 cm³/mol. The largest absolute Gasteiger partial charge is 0.480 e. The van der Waals surface area contributed by atoms with Crippen molar-refractivity contribution in [1.82, 2.24) is 15.3 Å². The lowest BCUT2D eigenvalue weighted by atomic mass is 9.95.